The van der Waals surface area contributed by atoms with Gasteiger partial charge < -0.3 is 24.9 Å². The first-order chi connectivity index (χ1) is 12.1. The number of amides is 1. The fraction of sp³-hybridized carbons (Fsp3) is 0.353. The molecule has 1 aromatic carbocycles. The molecule has 0 unspecified atom stereocenters. The minimum atomic E-state index is -0.576. The summed E-state index contributed by atoms with van der Waals surface area (Å²) in [6.45, 7) is 2.69. The van der Waals surface area contributed by atoms with Gasteiger partial charge in [-0.2, -0.15) is 0 Å². The summed E-state index contributed by atoms with van der Waals surface area (Å²) in [6, 6.07) is 7.68. The van der Waals surface area contributed by atoms with Crippen LogP contribution in [0.3, 0.4) is 0 Å². The smallest absolute Gasteiger partial charge is 0.283 e. The Morgan fingerprint density at radius 3 is 3.12 bits per heavy atom. The first-order valence-corrected chi connectivity index (χ1v) is 8.00. The van der Waals surface area contributed by atoms with E-state index < -0.39 is 5.54 Å². The molecule has 0 radical (unpaired) electrons. The molecule has 3 N–H and O–H groups in total. The quantitative estimate of drug-likeness (QED) is 0.875. The number of hydrogen-bond acceptors (Lipinski definition) is 7. The van der Waals surface area contributed by atoms with Crippen LogP contribution in [0, 0.1) is 6.92 Å². The minimum absolute atomic E-state index is 0.169. The van der Waals surface area contributed by atoms with Crippen molar-refractivity contribution in [1.29, 1.82) is 0 Å². The molecule has 0 bridgehead atoms. The molecule has 4 rings (SSSR count). The van der Waals surface area contributed by atoms with E-state index in [4.69, 9.17) is 19.6 Å². The number of anilines is 1. The van der Waals surface area contributed by atoms with Gasteiger partial charge in [-0.15, -0.1) is 0 Å². The molecule has 0 saturated carbocycles. The topological polar surface area (TPSA) is 112 Å². The Kier molecular flexibility index (Phi) is 3.69. The second-order valence-electron chi connectivity index (χ2n) is 6.09. The predicted molar refractivity (Wildman–Crippen MR) is 89.2 cm³/mol. The molecule has 0 aliphatic carbocycles. The molecule has 1 amide bonds. The van der Waals surface area contributed by atoms with Crippen LogP contribution in [0.5, 0.6) is 0 Å². The average Bonchev–Trinajstić information content (AvgIpc) is 3.18. The van der Waals surface area contributed by atoms with Crippen LogP contribution in [0.1, 0.15) is 28.4 Å². The van der Waals surface area contributed by atoms with Gasteiger partial charge in [-0.25, -0.2) is 9.98 Å². The van der Waals surface area contributed by atoms with E-state index >= 15 is 0 Å². The van der Waals surface area contributed by atoms with Gasteiger partial charge in [0.1, 0.15) is 11.8 Å². The van der Waals surface area contributed by atoms with Gasteiger partial charge in [-0.1, -0.05) is 12.1 Å². The first-order valence-electron chi connectivity index (χ1n) is 8.00. The standard InChI is InChI=1S/C17H18N4O4/c1-10-19-13(8-24-10)15(22)20-12-4-2-3-11(7-12)17-5-6-23-9-14(17)25-16(18)21-17/h2-4,7-8,14H,5-6,9H2,1H3,(H2,18,21)(H,20,22)/t14-,17-/m1/s1. The number of rotatable bonds is 3. The number of carbonyl (C=O) groups is 1. The van der Waals surface area contributed by atoms with E-state index in [2.05, 4.69) is 15.3 Å². The normalized spacial score (nSPS) is 25.0. The Bertz CT molecular complexity index is 847. The van der Waals surface area contributed by atoms with Gasteiger partial charge in [0.05, 0.1) is 6.61 Å². The van der Waals surface area contributed by atoms with E-state index in [1.807, 2.05) is 24.3 Å². The Morgan fingerprint density at radius 2 is 2.32 bits per heavy atom. The highest BCUT2D eigenvalue weighted by Gasteiger charge is 2.49. The molecule has 8 heteroatoms. The number of aryl methyl sites for hydroxylation is 1. The van der Waals surface area contributed by atoms with Gasteiger partial charge in [0.15, 0.2) is 17.7 Å². The summed E-state index contributed by atoms with van der Waals surface area (Å²) in [5.74, 6) is 0.108. The summed E-state index contributed by atoms with van der Waals surface area (Å²) >= 11 is 0. The van der Waals surface area contributed by atoms with Crippen LogP contribution < -0.4 is 11.1 Å². The Labute approximate surface area is 144 Å². The SMILES string of the molecule is Cc1nc(C(=O)Nc2cccc([C@]34CCOC[C@H]3OC(N)=N4)c2)co1. The fourth-order valence-corrected chi connectivity index (χ4v) is 3.27. The molecule has 130 valence electrons. The summed E-state index contributed by atoms with van der Waals surface area (Å²) < 4.78 is 16.2. The summed E-state index contributed by atoms with van der Waals surface area (Å²) in [5.41, 5.74) is 7.02. The van der Waals surface area contributed by atoms with Crippen LogP contribution >= 0.6 is 0 Å². The average molecular weight is 342 g/mol. The van der Waals surface area contributed by atoms with E-state index in [1.165, 1.54) is 6.26 Å². The lowest BCUT2D eigenvalue weighted by atomic mass is 9.81. The van der Waals surface area contributed by atoms with Gasteiger partial charge in [-0.05, 0) is 17.7 Å². The van der Waals surface area contributed by atoms with E-state index in [0.717, 1.165) is 5.56 Å². The highest BCUT2D eigenvalue weighted by molar-refractivity contribution is 6.02. The first kappa shape index (κ1) is 15.6. The zero-order valence-corrected chi connectivity index (χ0v) is 13.7. The van der Waals surface area contributed by atoms with Gasteiger partial charge in [0.25, 0.3) is 11.9 Å². The highest BCUT2D eigenvalue weighted by atomic mass is 16.6. The number of fused-ring (bicyclic) bond motifs is 1. The highest BCUT2D eigenvalue weighted by Crippen LogP contribution is 2.42. The second kappa shape index (κ2) is 5.89. The van der Waals surface area contributed by atoms with E-state index in [-0.39, 0.29) is 23.7 Å². The van der Waals surface area contributed by atoms with Crippen molar-refractivity contribution in [3.05, 3.63) is 47.7 Å². The molecule has 1 aromatic heterocycles. The summed E-state index contributed by atoms with van der Waals surface area (Å²) in [7, 11) is 0. The monoisotopic (exact) mass is 342 g/mol. The van der Waals surface area contributed by atoms with Crippen molar-refractivity contribution in [3.8, 4) is 0 Å². The van der Waals surface area contributed by atoms with Crippen molar-refractivity contribution in [2.45, 2.75) is 25.0 Å². The number of nitrogens with zero attached hydrogens (tertiary/aromatic N) is 2. The third-order valence-electron chi connectivity index (χ3n) is 4.47. The summed E-state index contributed by atoms with van der Waals surface area (Å²) in [4.78, 5) is 20.8. The lowest BCUT2D eigenvalue weighted by molar-refractivity contribution is -0.0339. The van der Waals surface area contributed by atoms with Gasteiger partial charge >= 0.3 is 0 Å². The molecule has 2 atom stereocenters. The van der Waals surface area contributed by atoms with Crippen molar-refractivity contribution in [2.75, 3.05) is 18.5 Å². The molecule has 0 spiro atoms. The molecule has 2 aliphatic rings. The molecule has 1 fully saturated rings. The molecule has 2 aromatic rings. The van der Waals surface area contributed by atoms with E-state index in [9.17, 15) is 4.79 Å². The summed E-state index contributed by atoms with van der Waals surface area (Å²) in [5, 5.41) is 2.83. The fourth-order valence-electron chi connectivity index (χ4n) is 3.27. The molecular formula is C17H18N4O4. The van der Waals surface area contributed by atoms with Crippen LogP contribution in [0.4, 0.5) is 5.69 Å². The Hall–Kier alpha value is -2.87. The lowest BCUT2D eigenvalue weighted by Crippen LogP contribution is -2.44. The number of nitrogens with one attached hydrogen (secondary N) is 1. The number of amidine groups is 1. The van der Waals surface area contributed by atoms with E-state index in [0.29, 0.717) is 31.2 Å². The number of aromatic nitrogens is 1. The van der Waals surface area contributed by atoms with Crippen LogP contribution in [0.15, 0.2) is 39.9 Å². The lowest BCUT2D eigenvalue weighted by Gasteiger charge is -2.35. The number of ether oxygens (including phenoxy) is 2. The van der Waals surface area contributed by atoms with Crippen LogP contribution in [0.2, 0.25) is 0 Å². The van der Waals surface area contributed by atoms with Crippen molar-refractivity contribution in [3.63, 3.8) is 0 Å². The van der Waals surface area contributed by atoms with Gasteiger partial charge in [0.2, 0.25) is 0 Å². The molecule has 25 heavy (non-hydrogen) atoms. The molecule has 1 saturated heterocycles. The maximum Gasteiger partial charge on any atom is 0.283 e. The second-order valence-corrected chi connectivity index (χ2v) is 6.09. The minimum Gasteiger partial charge on any atom is -0.457 e. The van der Waals surface area contributed by atoms with Crippen molar-refractivity contribution in [1.82, 2.24) is 4.98 Å². The van der Waals surface area contributed by atoms with Gasteiger partial charge in [0, 0.05) is 25.6 Å². The number of carbonyl (C=O) groups excluding carboxylic acids is 1. The molecule has 2 aliphatic heterocycles. The largest absolute Gasteiger partial charge is 0.457 e. The number of aliphatic imine (C=N–C) groups is 1. The zero-order chi connectivity index (χ0) is 17.4. The van der Waals surface area contributed by atoms with Crippen LogP contribution in [-0.2, 0) is 15.0 Å². The zero-order valence-electron chi connectivity index (χ0n) is 13.7. The van der Waals surface area contributed by atoms with Crippen LogP contribution in [0.25, 0.3) is 0 Å². The summed E-state index contributed by atoms with van der Waals surface area (Å²) in [6.07, 6.45) is 1.74. The number of benzene rings is 1. The molecular weight excluding hydrogens is 324 g/mol. The number of oxazole rings is 1. The van der Waals surface area contributed by atoms with Gasteiger partial charge in [-0.3, -0.25) is 4.79 Å². The third kappa shape index (κ3) is 2.74. The van der Waals surface area contributed by atoms with Crippen LogP contribution in [-0.4, -0.2) is 36.2 Å². The van der Waals surface area contributed by atoms with Crippen molar-refractivity contribution < 1.29 is 18.7 Å². The molecule has 3 heterocycles. The maximum atomic E-state index is 12.3. The number of nitrogens with two attached hydrogens (primary N) is 1. The Balaban J connectivity index is 1.62. The third-order valence-corrected chi connectivity index (χ3v) is 4.47. The van der Waals surface area contributed by atoms with Crippen molar-refractivity contribution in [2.24, 2.45) is 10.7 Å². The number of hydrogen-bond donors (Lipinski definition) is 2. The maximum absolute atomic E-state index is 12.3. The van der Waals surface area contributed by atoms with Crippen molar-refractivity contribution >= 4 is 17.6 Å². The molecule has 8 nitrogen and oxygen atoms in total. The Morgan fingerprint density at radius 1 is 1.44 bits per heavy atom. The van der Waals surface area contributed by atoms with E-state index in [1.54, 1.807) is 6.92 Å². The predicted octanol–water partition coefficient (Wildman–Crippen LogP) is 1.56.